The van der Waals surface area contributed by atoms with Crippen LogP contribution >= 0.6 is 11.6 Å². The van der Waals surface area contributed by atoms with Crippen molar-refractivity contribution < 1.29 is 18.0 Å². The van der Waals surface area contributed by atoms with E-state index >= 15 is 0 Å². The molecule has 0 spiro atoms. The molecule has 1 aliphatic heterocycles. The second kappa shape index (κ2) is 4.76. The lowest BCUT2D eigenvalue weighted by atomic mass is 10.1. The number of hydrogen-bond acceptors (Lipinski definition) is 2. The second-order valence-corrected chi connectivity index (χ2v) is 4.50. The predicted molar refractivity (Wildman–Crippen MR) is 59.3 cm³/mol. The molecule has 0 unspecified atom stereocenters. The summed E-state index contributed by atoms with van der Waals surface area (Å²) in [5, 5.41) is -0.322. The summed E-state index contributed by atoms with van der Waals surface area (Å²) in [6, 6.07) is 0.963. The van der Waals surface area contributed by atoms with E-state index in [9.17, 15) is 18.0 Å². The summed E-state index contributed by atoms with van der Waals surface area (Å²) >= 11 is 5.40. The minimum absolute atomic E-state index is 0.0158. The van der Waals surface area contributed by atoms with Gasteiger partial charge in [-0.25, -0.2) is 18.2 Å². The first-order chi connectivity index (χ1) is 8.39. The van der Waals surface area contributed by atoms with Gasteiger partial charge in [0.15, 0.2) is 11.0 Å². The average Bonchev–Trinajstić information content (AvgIpc) is 2.32. The molecule has 0 aliphatic carbocycles. The fourth-order valence-electron chi connectivity index (χ4n) is 1.76. The maximum absolute atomic E-state index is 13.1. The Bertz CT molecular complexity index is 471. The highest BCUT2D eigenvalue weighted by Crippen LogP contribution is 2.28. The van der Waals surface area contributed by atoms with Crippen LogP contribution in [0.1, 0.15) is 23.2 Å². The molecule has 1 aliphatic rings. The molecule has 3 nitrogen and oxygen atoms in total. The van der Waals surface area contributed by atoms with Gasteiger partial charge in [0.05, 0.1) is 5.56 Å². The number of carbonyl (C=O) groups excluding carboxylic acids is 1. The zero-order valence-electron chi connectivity index (χ0n) is 9.30. The molecular formula is C11H10ClF3N2O. The largest absolute Gasteiger partial charge is 0.338 e. The fourth-order valence-corrected chi connectivity index (χ4v) is 1.86. The monoisotopic (exact) mass is 278 g/mol. The molecule has 0 radical (unpaired) electrons. The smallest absolute Gasteiger partial charge is 0.255 e. The molecule has 1 aromatic rings. The lowest BCUT2D eigenvalue weighted by Gasteiger charge is -2.31. The molecule has 1 aromatic heterocycles. The van der Waals surface area contributed by atoms with Gasteiger partial charge in [-0.2, -0.15) is 0 Å². The number of piperidine rings is 1. The molecule has 0 N–H and O–H groups in total. The van der Waals surface area contributed by atoms with E-state index in [1.54, 1.807) is 0 Å². The van der Waals surface area contributed by atoms with Gasteiger partial charge in [0.25, 0.3) is 11.8 Å². The van der Waals surface area contributed by atoms with E-state index in [-0.39, 0.29) is 36.6 Å². The molecule has 98 valence electrons. The molecule has 0 aromatic carbocycles. The highest BCUT2D eigenvalue weighted by molar-refractivity contribution is 6.29. The van der Waals surface area contributed by atoms with E-state index in [2.05, 4.69) is 4.98 Å². The molecular weight excluding hydrogens is 269 g/mol. The van der Waals surface area contributed by atoms with Gasteiger partial charge in [0.1, 0.15) is 0 Å². The Morgan fingerprint density at radius 2 is 2.00 bits per heavy atom. The molecule has 2 rings (SSSR count). The van der Waals surface area contributed by atoms with Gasteiger partial charge in [0.2, 0.25) is 0 Å². The molecule has 2 heterocycles. The van der Waals surface area contributed by atoms with Crippen molar-refractivity contribution in [1.29, 1.82) is 0 Å². The first-order valence-corrected chi connectivity index (χ1v) is 5.75. The number of carbonyl (C=O) groups is 1. The highest BCUT2D eigenvalue weighted by atomic mass is 35.5. The Morgan fingerprint density at radius 1 is 1.39 bits per heavy atom. The summed E-state index contributed by atoms with van der Waals surface area (Å²) in [4.78, 5) is 16.7. The van der Waals surface area contributed by atoms with Gasteiger partial charge < -0.3 is 4.90 Å². The van der Waals surface area contributed by atoms with Gasteiger partial charge in [-0.3, -0.25) is 4.79 Å². The van der Waals surface area contributed by atoms with Crippen molar-refractivity contribution in [3.05, 3.63) is 28.8 Å². The van der Waals surface area contributed by atoms with E-state index in [1.807, 2.05) is 0 Å². The minimum Gasteiger partial charge on any atom is -0.338 e. The van der Waals surface area contributed by atoms with Crippen molar-refractivity contribution in [2.45, 2.75) is 18.8 Å². The van der Waals surface area contributed by atoms with E-state index < -0.39 is 17.6 Å². The Labute approximate surface area is 107 Å². The van der Waals surface area contributed by atoms with Crippen molar-refractivity contribution in [2.75, 3.05) is 13.1 Å². The van der Waals surface area contributed by atoms with Crippen molar-refractivity contribution in [2.24, 2.45) is 0 Å². The number of alkyl halides is 2. The quantitative estimate of drug-likeness (QED) is 0.740. The minimum atomic E-state index is -2.72. The van der Waals surface area contributed by atoms with Gasteiger partial charge in [-0.15, -0.1) is 0 Å². The highest BCUT2D eigenvalue weighted by Gasteiger charge is 2.35. The van der Waals surface area contributed by atoms with Crippen LogP contribution in [0.2, 0.25) is 5.15 Å². The first kappa shape index (κ1) is 13.1. The zero-order valence-corrected chi connectivity index (χ0v) is 10.1. The third-order valence-electron chi connectivity index (χ3n) is 2.83. The van der Waals surface area contributed by atoms with Crippen LogP contribution in [0.5, 0.6) is 0 Å². The van der Waals surface area contributed by atoms with Gasteiger partial charge in [-0.05, 0) is 6.07 Å². The summed E-state index contributed by atoms with van der Waals surface area (Å²) in [5.41, 5.74) is 0.0158. The summed E-state index contributed by atoms with van der Waals surface area (Å²) in [6.45, 7) is -0.0911. The summed E-state index contributed by atoms with van der Waals surface area (Å²) < 4.78 is 39.0. The second-order valence-electron chi connectivity index (χ2n) is 4.14. The van der Waals surface area contributed by atoms with E-state index in [1.165, 1.54) is 4.90 Å². The Hall–Kier alpha value is -1.30. The number of amides is 1. The number of rotatable bonds is 1. The summed E-state index contributed by atoms with van der Waals surface area (Å²) in [7, 11) is 0. The molecule has 0 atom stereocenters. The Balaban J connectivity index is 2.10. The maximum Gasteiger partial charge on any atom is 0.255 e. The first-order valence-electron chi connectivity index (χ1n) is 5.37. The van der Waals surface area contributed by atoms with Crippen molar-refractivity contribution in [1.82, 2.24) is 9.88 Å². The Kier molecular flexibility index (Phi) is 3.47. The van der Waals surface area contributed by atoms with E-state index in [0.29, 0.717) is 0 Å². The normalized spacial score (nSPS) is 18.8. The number of likely N-dealkylation sites (tertiary alicyclic amines) is 1. The molecule has 1 amide bonds. The van der Waals surface area contributed by atoms with Gasteiger partial charge in [-0.1, -0.05) is 11.6 Å². The Morgan fingerprint density at radius 3 is 2.56 bits per heavy atom. The lowest BCUT2D eigenvalue weighted by molar-refractivity contribution is -0.0494. The topological polar surface area (TPSA) is 33.2 Å². The summed E-state index contributed by atoms with van der Waals surface area (Å²) in [6.07, 6.45) is 0.394. The standard InChI is InChI=1S/C11H10ClF3N2O/c12-9-8(13)5-7(6-16-9)10(18)17-3-1-11(14,15)2-4-17/h5-6H,1-4H2. The van der Waals surface area contributed by atoms with Crippen molar-refractivity contribution in [3.63, 3.8) is 0 Å². The zero-order chi connectivity index (χ0) is 13.3. The third kappa shape index (κ3) is 2.75. The van der Waals surface area contributed by atoms with Crippen LogP contribution in [0.15, 0.2) is 12.3 Å². The molecule has 1 fully saturated rings. The van der Waals surface area contributed by atoms with Gasteiger partial charge >= 0.3 is 0 Å². The van der Waals surface area contributed by atoms with Crippen molar-refractivity contribution >= 4 is 17.5 Å². The molecule has 0 bridgehead atoms. The van der Waals surface area contributed by atoms with E-state index in [4.69, 9.17) is 11.6 Å². The molecule has 1 saturated heterocycles. The van der Waals surface area contributed by atoms with Crippen LogP contribution in [-0.4, -0.2) is 34.8 Å². The number of pyridine rings is 1. The third-order valence-corrected chi connectivity index (χ3v) is 3.10. The molecule has 18 heavy (non-hydrogen) atoms. The molecule has 0 saturated carbocycles. The number of halogens is 4. The fraction of sp³-hybridized carbons (Fsp3) is 0.455. The predicted octanol–water partition coefficient (Wildman–Crippen LogP) is 2.75. The van der Waals surface area contributed by atoms with Crippen LogP contribution in [0.3, 0.4) is 0 Å². The SMILES string of the molecule is O=C(c1cnc(Cl)c(F)c1)N1CCC(F)(F)CC1. The van der Waals surface area contributed by atoms with Gasteiger partial charge in [0, 0.05) is 32.1 Å². The maximum atomic E-state index is 13.1. The van der Waals surface area contributed by atoms with Crippen LogP contribution < -0.4 is 0 Å². The lowest BCUT2D eigenvalue weighted by Crippen LogP contribution is -2.42. The molecule has 7 heteroatoms. The average molecular weight is 279 g/mol. The summed E-state index contributed by atoms with van der Waals surface area (Å²) in [5.74, 6) is -4.03. The van der Waals surface area contributed by atoms with Crippen LogP contribution in [0.25, 0.3) is 0 Å². The van der Waals surface area contributed by atoms with Crippen molar-refractivity contribution in [3.8, 4) is 0 Å². The van der Waals surface area contributed by atoms with Crippen LogP contribution in [0.4, 0.5) is 13.2 Å². The number of nitrogens with zero attached hydrogens (tertiary/aromatic N) is 2. The van der Waals surface area contributed by atoms with E-state index in [0.717, 1.165) is 12.3 Å². The number of hydrogen-bond donors (Lipinski definition) is 0. The van der Waals surface area contributed by atoms with Crippen LogP contribution in [-0.2, 0) is 0 Å². The number of aromatic nitrogens is 1. The van der Waals surface area contributed by atoms with Crippen LogP contribution in [0, 0.1) is 5.82 Å².